The Kier molecular flexibility index (Phi) is 2.29. The fourth-order valence-electron chi connectivity index (χ4n) is 2.45. The van der Waals surface area contributed by atoms with Gasteiger partial charge in [0.2, 0.25) is 0 Å². The number of hydrogen-bond acceptors (Lipinski definition) is 2. The summed E-state index contributed by atoms with van der Waals surface area (Å²) in [7, 11) is 0. The van der Waals surface area contributed by atoms with Crippen LogP contribution in [0, 0.1) is 6.92 Å². The van der Waals surface area contributed by atoms with E-state index in [1.807, 2.05) is 13.0 Å². The first-order valence-electron chi connectivity index (χ1n) is 5.31. The molecular weight excluding hydrogens is 188 g/mol. The SMILES string of the molecule is CC(=O)OC1(C)CCc2c(C)cccc21. The molecule has 1 aromatic carbocycles. The van der Waals surface area contributed by atoms with Crippen LogP contribution in [0.15, 0.2) is 18.2 Å². The van der Waals surface area contributed by atoms with Crippen molar-refractivity contribution >= 4 is 5.97 Å². The van der Waals surface area contributed by atoms with Gasteiger partial charge >= 0.3 is 5.97 Å². The summed E-state index contributed by atoms with van der Waals surface area (Å²) in [6, 6.07) is 6.21. The van der Waals surface area contributed by atoms with E-state index in [2.05, 4.69) is 19.1 Å². The van der Waals surface area contributed by atoms with E-state index in [-0.39, 0.29) is 5.97 Å². The molecular formula is C13H16O2. The van der Waals surface area contributed by atoms with E-state index in [9.17, 15) is 4.79 Å². The van der Waals surface area contributed by atoms with Gasteiger partial charge in [-0.3, -0.25) is 4.79 Å². The zero-order chi connectivity index (χ0) is 11.1. The van der Waals surface area contributed by atoms with Gasteiger partial charge in [-0.05, 0) is 43.4 Å². The Morgan fingerprint density at radius 3 is 2.87 bits per heavy atom. The molecule has 1 unspecified atom stereocenters. The highest BCUT2D eigenvalue weighted by Gasteiger charge is 2.37. The van der Waals surface area contributed by atoms with Gasteiger partial charge in [-0.15, -0.1) is 0 Å². The first kappa shape index (κ1) is 10.2. The Hall–Kier alpha value is -1.31. The molecule has 1 aliphatic rings. The number of fused-ring (bicyclic) bond motifs is 1. The van der Waals surface area contributed by atoms with Crippen molar-refractivity contribution in [3.8, 4) is 0 Å². The topological polar surface area (TPSA) is 26.3 Å². The molecule has 15 heavy (non-hydrogen) atoms. The third-order valence-electron chi connectivity index (χ3n) is 3.20. The standard InChI is InChI=1S/C13H16O2/c1-9-5-4-6-12-11(9)7-8-13(12,3)15-10(2)14/h4-6H,7-8H2,1-3H3. The lowest BCUT2D eigenvalue weighted by Gasteiger charge is -2.25. The van der Waals surface area contributed by atoms with E-state index >= 15 is 0 Å². The van der Waals surface area contributed by atoms with E-state index in [0.29, 0.717) is 0 Å². The maximum absolute atomic E-state index is 11.1. The van der Waals surface area contributed by atoms with Crippen molar-refractivity contribution in [1.82, 2.24) is 0 Å². The molecule has 0 aromatic heterocycles. The van der Waals surface area contributed by atoms with Gasteiger partial charge in [0.05, 0.1) is 0 Å². The van der Waals surface area contributed by atoms with Gasteiger partial charge < -0.3 is 4.74 Å². The van der Waals surface area contributed by atoms with Gasteiger partial charge in [0.25, 0.3) is 0 Å². The lowest BCUT2D eigenvalue weighted by atomic mass is 9.96. The average Bonchev–Trinajstić information content (AvgIpc) is 2.44. The van der Waals surface area contributed by atoms with Crippen molar-refractivity contribution in [1.29, 1.82) is 0 Å². The highest BCUT2D eigenvalue weighted by atomic mass is 16.6. The second kappa shape index (κ2) is 3.37. The summed E-state index contributed by atoms with van der Waals surface area (Å²) in [4.78, 5) is 11.1. The fourth-order valence-corrected chi connectivity index (χ4v) is 2.45. The third kappa shape index (κ3) is 1.65. The van der Waals surface area contributed by atoms with Crippen LogP contribution in [0.25, 0.3) is 0 Å². The van der Waals surface area contributed by atoms with Crippen LogP contribution in [0.2, 0.25) is 0 Å². The number of hydrogen-bond donors (Lipinski definition) is 0. The fraction of sp³-hybridized carbons (Fsp3) is 0.462. The quantitative estimate of drug-likeness (QED) is 0.657. The summed E-state index contributed by atoms with van der Waals surface area (Å²) in [6.07, 6.45) is 1.90. The molecule has 0 saturated carbocycles. The van der Waals surface area contributed by atoms with Gasteiger partial charge in [0.1, 0.15) is 5.60 Å². The van der Waals surface area contributed by atoms with Crippen molar-refractivity contribution in [3.63, 3.8) is 0 Å². The molecule has 0 saturated heterocycles. The van der Waals surface area contributed by atoms with E-state index in [1.165, 1.54) is 23.6 Å². The number of ether oxygens (including phenoxy) is 1. The van der Waals surface area contributed by atoms with Crippen LogP contribution < -0.4 is 0 Å². The van der Waals surface area contributed by atoms with Crippen LogP contribution in [0.3, 0.4) is 0 Å². The lowest BCUT2D eigenvalue weighted by molar-refractivity contribution is -0.156. The summed E-state index contributed by atoms with van der Waals surface area (Å²) >= 11 is 0. The molecule has 1 aliphatic carbocycles. The number of esters is 1. The highest BCUT2D eigenvalue weighted by Crippen LogP contribution is 2.40. The van der Waals surface area contributed by atoms with Crippen LogP contribution in [-0.2, 0) is 21.6 Å². The molecule has 0 aliphatic heterocycles. The van der Waals surface area contributed by atoms with Gasteiger partial charge in [-0.1, -0.05) is 18.2 Å². The minimum absolute atomic E-state index is 0.202. The molecule has 1 atom stereocenters. The molecule has 2 nitrogen and oxygen atoms in total. The third-order valence-corrected chi connectivity index (χ3v) is 3.20. The van der Waals surface area contributed by atoms with E-state index in [1.54, 1.807) is 0 Å². The maximum atomic E-state index is 11.1. The smallest absolute Gasteiger partial charge is 0.303 e. The molecule has 0 N–H and O–H groups in total. The number of benzene rings is 1. The molecule has 0 heterocycles. The van der Waals surface area contributed by atoms with Crippen molar-refractivity contribution in [2.45, 2.75) is 39.2 Å². The van der Waals surface area contributed by atoms with Gasteiger partial charge in [-0.2, -0.15) is 0 Å². The molecule has 0 radical (unpaired) electrons. The second-order valence-corrected chi connectivity index (χ2v) is 4.43. The normalized spacial score (nSPS) is 23.7. The van der Waals surface area contributed by atoms with Crippen LogP contribution in [0.4, 0.5) is 0 Å². The number of carbonyl (C=O) groups is 1. The summed E-state index contributed by atoms with van der Waals surface area (Å²) in [6.45, 7) is 5.58. The molecule has 2 heteroatoms. The monoisotopic (exact) mass is 204 g/mol. The lowest BCUT2D eigenvalue weighted by Crippen LogP contribution is -2.25. The zero-order valence-corrected chi connectivity index (χ0v) is 9.46. The first-order chi connectivity index (χ1) is 7.03. The molecule has 0 bridgehead atoms. The van der Waals surface area contributed by atoms with Crippen LogP contribution in [-0.4, -0.2) is 5.97 Å². The molecule has 0 amide bonds. The predicted molar refractivity (Wildman–Crippen MR) is 58.6 cm³/mol. The second-order valence-electron chi connectivity index (χ2n) is 4.43. The predicted octanol–water partition coefficient (Wildman–Crippen LogP) is 2.72. The van der Waals surface area contributed by atoms with Crippen LogP contribution >= 0.6 is 0 Å². The molecule has 1 aromatic rings. The Morgan fingerprint density at radius 2 is 2.20 bits per heavy atom. The minimum atomic E-state index is -0.410. The van der Waals surface area contributed by atoms with E-state index in [4.69, 9.17) is 4.74 Å². The van der Waals surface area contributed by atoms with E-state index < -0.39 is 5.60 Å². The average molecular weight is 204 g/mol. The first-order valence-corrected chi connectivity index (χ1v) is 5.31. The number of carbonyl (C=O) groups excluding carboxylic acids is 1. The van der Waals surface area contributed by atoms with Crippen molar-refractivity contribution < 1.29 is 9.53 Å². The number of rotatable bonds is 1. The molecule has 0 fully saturated rings. The highest BCUT2D eigenvalue weighted by molar-refractivity contribution is 5.67. The molecule has 2 rings (SSSR count). The van der Waals surface area contributed by atoms with Crippen LogP contribution in [0.5, 0.6) is 0 Å². The Bertz CT molecular complexity index is 409. The maximum Gasteiger partial charge on any atom is 0.303 e. The summed E-state index contributed by atoms with van der Waals surface area (Å²) < 4.78 is 5.44. The van der Waals surface area contributed by atoms with Crippen molar-refractivity contribution in [3.05, 3.63) is 34.9 Å². The van der Waals surface area contributed by atoms with Crippen molar-refractivity contribution in [2.75, 3.05) is 0 Å². The summed E-state index contributed by atoms with van der Waals surface area (Å²) in [5.41, 5.74) is 3.41. The van der Waals surface area contributed by atoms with Crippen LogP contribution in [0.1, 0.15) is 37.0 Å². The van der Waals surface area contributed by atoms with Gasteiger partial charge in [0, 0.05) is 6.92 Å². The Balaban J connectivity index is 2.43. The molecule has 0 spiro atoms. The Labute approximate surface area is 90.3 Å². The summed E-state index contributed by atoms with van der Waals surface area (Å²) in [5.74, 6) is -0.202. The minimum Gasteiger partial charge on any atom is -0.455 e. The van der Waals surface area contributed by atoms with Gasteiger partial charge in [0.15, 0.2) is 0 Å². The van der Waals surface area contributed by atoms with E-state index in [0.717, 1.165) is 12.8 Å². The largest absolute Gasteiger partial charge is 0.455 e. The number of aryl methyl sites for hydroxylation is 1. The zero-order valence-electron chi connectivity index (χ0n) is 9.46. The van der Waals surface area contributed by atoms with Gasteiger partial charge in [-0.25, -0.2) is 0 Å². The van der Waals surface area contributed by atoms with Crippen molar-refractivity contribution in [2.24, 2.45) is 0 Å². The summed E-state index contributed by atoms with van der Waals surface area (Å²) in [5, 5.41) is 0. The molecule has 80 valence electrons. The Morgan fingerprint density at radius 1 is 1.47 bits per heavy atom.